The van der Waals surface area contributed by atoms with Crippen LogP contribution in [0, 0.1) is 0 Å². The number of rotatable bonds is 5. The summed E-state index contributed by atoms with van der Waals surface area (Å²) in [4.78, 5) is 0. The highest BCUT2D eigenvalue weighted by Crippen LogP contribution is 2.31. The molecule has 19 heavy (non-hydrogen) atoms. The Labute approximate surface area is 111 Å². The van der Waals surface area contributed by atoms with Gasteiger partial charge < -0.3 is 19.9 Å². The van der Waals surface area contributed by atoms with E-state index in [4.69, 9.17) is 25.7 Å². The standard InChI is InChI=1S/C14H16N2O3/c1-17-10-2-4-11(5-3-10)19-14-7-6-12(18-9-15)8-13(14)16/h2-8H,9,15-16H2,1H3. The Morgan fingerprint density at radius 2 is 1.58 bits per heavy atom. The maximum absolute atomic E-state index is 5.89. The first-order valence-electron chi connectivity index (χ1n) is 5.77. The molecule has 0 bridgehead atoms. The van der Waals surface area contributed by atoms with E-state index >= 15 is 0 Å². The quantitative estimate of drug-likeness (QED) is 0.637. The van der Waals surface area contributed by atoms with Gasteiger partial charge in [-0.15, -0.1) is 0 Å². The lowest BCUT2D eigenvalue weighted by atomic mass is 10.2. The smallest absolute Gasteiger partial charge is 0.150 e. The van der Waals surface area contributed by atoms with Crippen molar-refractivity contribution in [2.24, 2.45) is 5.73 Å². The molecule has 0 heterocycles. The van der Waals surface area contributed by atoms with Crippen LogP contribution in [-0.4, -0.2) is 13.8 Å². The molecule has 0 aliphatic rings. The second-order valence-electron chi connectivity index (χ2n) is 3.79. The molecule has 0 unspecified atom stereocenters. The Balaban J connectivity index is 2.13. The van der Waals surface area contributed by atoms with Crippen LogP contribution in [0.3, 0.4) is 0 Å². The molecule has 0 radical (unpaired) electrons. The van der Waals surface area contributed by atoms with Crippen LogP contribution in [-0.2, 0) is 0 Å². The number of hydrogen-bond acceptors (Lipinski definition) is 5. The second kappa shape index (κ2) is 5.97. The summed E-state index contributed by atoms with van der Waals surface area (Å²) in [5, 5.41) is 0. The van der Waals surface area contributed by atoms with Gasteiger partial charge in [-0.25, -0.2) is 0 Å². The third-order valence-electron chi connectivity index (χ3n) is 2.52. The monoisotopic (exact) mass is 260 g/mol. The molecule has 100 valence electrons. The van der Waals surface area contributed by atoms with Gasteiger partial charge in [-0.2, -0.15) is 0 Å². The summed E-state index contributed by atoms with van der Waals surface area (Å²) in [5.41, 5.74) is 11.7. The van der Waals surface area contributed by atoms with E-state index in [1.54, 1.807) is 25.3 Å². The topological polar surface area (TPSA) is 79.7 Å². The van der Waals surface area contributed by atoms with E-state index in [1.807, 2.05) is 24.3 Å². The molecule has 0 spiro atoms. The number of nitrogens with two attached hydrogens (primary N) is 2. The van der Waals surface area contributed by atoms with Gasteiger partial charge in [0.1, 0.15) is 24.0 Å². The zero-order chi connectivity index (χ0) is 13.7. The molecule has 2 rings (SSSR count). The van der Waals surface area contributed by atoms with E-state index in [-0.39, 0.29) is 6.73 Å². The molecular weight excluding hydrogens is 244 g/mol. The zero-order valence-electron chi connectivity index (χ0n) is 10.6. The highest BCUT2D eigenvalue weighted by Gasteiger charge is 2.04. The molecule has 4 N–H and O–H groups in total. The van der Waals surface area contributed by atoms with Crippen molar-refractivity contribution in [3.8, 4) is 23.0 Å². The Bertz CT molecular complexity index is 541. The summed E-state index contributed by atoms with van der Waals surface area (Å²) in [6.07, 6.45) is 0. The van der Waals surface area contributed by atoms with Crippen LogP contribution in [0.25, 0.3) is 0 Å². The molecule has 2 aromatic carbocycles. The van der Waals surface area contributed by atoms with E-state index < -0.39 is 0 Å². The van der Waals surface area contributed by atoms with Crippen molar-refractivity contribution < 1.29 is 14.2 Å². The average molecular weight is 260 g/mol. The molecule has 0 aliphatic carbocycles. The largest absolute Gasteiger partial charge is 0.497 e. The molecule has 0 aromatic heterocycles. The minimum absolute atomic E-state index is 0.109. The van der Waals surface area contributed by atoms with Crippen LogP contribution >= 0.6 is 0 Å². The van der Waals surface area contributed by atoms with Gasteiger partial charge in [0.15, 0.2) is 5.75 Å². The Hall–Kier alpha value is -2.40. The predicted octanol–water partition coefficient (Wildman–Crippen LogP) is 2.36. The molecule has 0 saturated carbocycles. The van der Waals surface area contributed by atoms with Crippen LogP contribution in [0.2, 0.25) is 0 Å². The number of hydrogen-bond donors (Lipinski definition) is 2. The lowest BCUT2D eigenvalue weighted by molar-refractivity contribution is 0.329. The Morgan fingerprint density at radius 1 is 0.947 bits per heavy atom. The average Bonchev–Trinajstić information content (AvgIpc) is 2.43. The molecule has 2 aromatic rings. The third-order valence-corrected chi connectivity index (χ3v) is 2.52. The molecule has 5 nitrogen and oxygen atoms in total. The van der Waals surface area contributed by atoms with Gasteiger partial charge in [-0.3, -0.25) is 5.73 Å². The maximum atomic E-state index is 5.89. The Morgan fingerprint density at radius 3 is 2.16 bits per heavy atom. The fourth-order valence-corrected chi connectivity index (χ4v) is 1.58. The van der Waals surface area contributed by atoms with Gasteiger partial charge in [0.05, 0.1) is 12.8 Å². The molecule has 0 amide bonds. The fourth-order valence-electron chi connectivity index (χ4n) is 1.58. The summed E-state index contributed by atoms with van der Waals surface area (Å²) in [6.45, 7) is 0.109. The lowest BCUT2D eigenvalue weighted by Gasteiger charge is -2.10. The SMILES string of the molecule is COc1ccc(Oc2ccc(OCN)cc2N)cc1. The summed E-state index contributed by atoms with van der Waals surface area (Å²) in [5.74, 6) is 2.63. The predicted molar refractivity (Wildman–Crippen MR) is 73.6 cm³/mol. The summed E-state index contributed by atoms with van der Waals surface area (Å²) in [6, 6.07) is 12.4. The fraction of sp³-hybridized carbons (Fsp3) is 0.143. The highest BCUT2D eigenvalue weighted by atomic mass is 16.5. The molecule has 5 heteroatoms. The third kappa shape index (κ3) is 3.29. The molecule has 0 aliphatic heterocycles. The van der Waals surface area contributed by atoms with E-state index in [0.717, 1.165) is 5.75 Å². The highest BCUT2D eigenvalue weighted by molar-refractivity contribution is 5.57. The van der Waals surface area contributed by atoms with Crippen molar-refractivity contribution in [3.63, 3.8) is 0 Å². The number of methoxy groups -OCH3 is 1. The normalized spacial score (nSPS) is 10.0. The van der Waals surface area contributed by atoms with Gasteiger partial charge in [0.25, 0.3) is 0 Å². The van der Waals surface area contributed by atoms with Crippen LogP contribution in [0.5, 0.6) is 23.0 Å². The van der Waals surface area contributed by atoms with Crippen molar-refractivity contribution in [3.05, 3.63) is 42.5 Å². The van der Waals surface area contributed by atoms with Crippen molar-refractivity contribution in [1.82, 2.24) is 0 Å². The van der Waals surface area contributed by atoms with Crippen LogP contribution in [0.4, 0.5) is 5.69 Å². The lowest BCUT2D eigenvalue weighted by Crippen LogP contribution is -2.07. The minimum atomic E-state index is 0.109. The number of ether oxygens (including phenoxy) is 3. The first-order chi connectivity index (χ1) is 9.22. The van der Waals surface area contributed by atoms with Gasteiger partial charge in [0.2, 0.25) is 0 Å². The van der Waals surface area contributed by atoms with E-state index in [1.165, 1.54) is 0 Å². The van der Waals surface area contributed by atoms with Gasteiger partial charge in [-0.1, -0.05) is 0 Å². The molecule has 0 atom stereocenters. The van der Waals surface area contributed by atoms with Crippen molar-refractivity contribution >= 4 is 5.69 Å². The van der Waals surface area contributed by atoms with E-state index in [2.05, 4.69) is 0 Å². The first-order valence-corrected chi connectivity index (χ1v) is 5.77. The van der Waals surface area contributed by atoms with Gasteiger partial charge >= 0.3 is 0 Å². The summed E-state index contributed by atoms with van der Waals surface area (Å²) >= 11 is 0. The molecular formula is C14H16N2O3. The first kappa shape index (κ1) is 13.0. The number of anilines is 1. The zero-order valence-corrected chi connectivity index (χ0v) is 10.6. The van der Waals surface area contributed by atoms with Crippen molar-refractivity contribution in [1.29, 1.82) is 0 Å². The Kier molecular flexibility index (Phi) is 4.10. The number of nitrogen functional groups attached to an aromatic ring is 1. The van der Waals surface area contributed by atoms with Crippen LogP contribution in [0.1, 0.15) is 0 Å². The van der Waals surface area contributed by atoms with Crippen molar-refractivity contribution in [2.45, 2.75) is 0 Å². The minimum Gasteiger partial charge on any atom is -0.497 e. The van der Waals surface area contributed by atoms with Gasteiger partial charge in [0, 0.05) is 6.07 Å². The summed E-state index contributed by atoms with van der Waals surface area (Å²) in [7, 11) is 1.62. The van der Waals surface area contributed by atoms with Crippen molar-refractivity contribution in [2.75, 3.05) is 19.6 Å². The molecule has 0 saturated heterocycles. The molecule has 0 fully saturated rings. The van der Waals surface area contributed by atoms with E-state index in [0.29, 0.717) is 22.9 Å². The number of benzene rings is 2. The second-order valence-corrected chi connectivity index (χ2v) is 3.79. The van der Waals surface area contributed by atoms with Crippen LogP contribution in [0.15, 0.2) is 42.5 Å². The van der Waals surface area contributed by atoms with Crippen LogP contribution < -0.4 is 25.7 Å². The van der Waals surface area contributed by atoms with E-state index in [9.17, 15) is 0 Å². The maximum Gasteiger partial charge on any atom is 0.150 e. The van der Waals surface area contributed by atoms with Gasteiger partial charge in [-0.05, 0) is 36.4 Å². The summed E-state index contributed by atoms with van der Waals surface area (Å²) < 4.78 is 15.9.